The molecule has 0 unspecified atom stereocenters. The molecule has 0 N–H and O–H groups in total. The fraction of sp³-hybridized carbons (Fsp3) is 0.375. The molecule has 35 heavy (non-hydrogen) atoms. The highest BCUT2D eigenvalue weighted by Gasteiger charge is 2.48. The first-order valence-corrected chi connectivity index (χ1v) is 11.3. The maximum absolute atomic E-state index is 13.0. The van der Waals surface area contributed by atoms with Crippen LogP contribution in [-0.2, 0) is 13.5 Å². The highest BCUT2D eigenvalue weighted by Crippen LogP contribution is 2.37. The molecule has 182 valence electrons. The minimum Gasteiger partial charge on any atom is -0.494 e. The first-order valence-electron chi connectivity index (χ1n) is 11.3. The van der Waals surface area contributed by atoms with Gasteiger partial charge in [-0.05, 0) is 26.0 Å². The van der Waals surface area contributed by atoms with Crippen LogP contribution in [0.1, 0.15) is 24.0 Å². The van der Waals surface area contributed by atoms with Crippen molar-refractivity contribution in [3.05, 3.63) is 53.9 Å². The van der Waals surface area contributed by atoms with E-state index in [9.17, 15) is 13.2 Å². The zero-order valence-electron chi connectivity index (χ0n) is 19.5. The predicted octanol–water partition coefficient (Wildman–Crippen LogP) is 4.12. The molecule has 1 fully saturated rings. The van der Waals surface area contributed by atoms with E-state index < -0.39 is 12.1 Å². The van der Waals surface area contributed by atoms with E-state index in [0.29, 0.717) is 41.6 Å². The highest BCUT2D eigenvalue weighted by atomic mass is 19.4. The molecule has 0 bridgehead atoms. The van der Waals surface area contributed by atoms with E-state index in [1.54, 1.807) is 17.4 Å². The lowest BCUT2D eigenvalue weighted by Crippen LogP contribution is -2.53. The molecule has 0 saturated carbocycles. The highest BCUT2D eigenvalue weighted by molar-refractivity contribution is 5.88. The van der Waals surface area contributed by atoms with Crippen molar-refractivity contribution >= 4 is 16.7 Å². The molecule has 1 aliphatic heterocycles. The number of aryl methyl sites for hydroxylation is 2. The van der Waals surface area contributed by atoms with Crippen molar-refractivity contribution in [3.8, 4) is 17.1 Å². The van der Waals surface area contributed by atoms with Crippen LogP contribution in [0.15, 0.2) is 36.8 Å². The molecular formula is C24H24F3N7O. The molecule has 8 nitrogen and oxygen atoms in total. The summed E-state index contributed by atoms with van der Waals surface area (Å²) < 4.78 is 46.8. The Morgan fingerprint density at radius 3 is 2.63 bits per heavy atom. The fourth-order valence-electron chi connectivity index (χ4n) is 4.20. The summed E-state index contributed by atoms with van der Waals surface area (Å²) in [5.41, 5.74) is 3.02. The average molecular weight is 483 g/mol. The van der Waals surface area contributed by atoms with Crippen LogP contribution in [-0.4, -0.2) is 55.6 Å². The lowest BCUT2D eigenvalue weighted by molar-refractivity contribution is -0.180. The van der Waals surface area contributed by atoms with E-state index in [1.807, 2.05) is 49.7 Å². The van der Waals surface area contributed by atoms with Gasteiger partial charge in [0.25, 0.3) is 0 Å². The van der Waals surface area contributed by atoms with Crippen molar-refractivity contribution in [2.75, 3.05) is 24.6 Å². The SMILES string of the molecule is CCOc1cc(-c2nncn2C)ccc1Cc1ncc2cc(C)nc(N3CC(C(F)(F)F)C3)c2n1. The van der Waals surface area contributed by atoms with Gasteiger partial charge in [0.05, 0.1) is 12.5 Å². The van der Waals surface area contributed by atoms with Crippen molar-refractivity contribution in [1.82, 2.24) is 29.7 Å². The quantitative estimate of drug-likeness (QED) is 0.408. The number of hydrogen-bond acceptors (Lipinski definition) is 7. The standard InChI is InChI=1S/C24H24F3N7O/c1-4-35-19-8-16(22-32-29-13-33(22)3)6-5-15(19)9-20-28-10-17-7-14(2)30-23(21(17)31-20)34-11-18(12-34)24(25,26)27/h5-8,10,13,18H,4,9,11-12H2,1-3H3. The van der Waals surface area contributed by atoms with Crippen molar-refractivity contribution in [3.63, 3.8) is 0 Å². The van der Waals surface area contributed by atoms with Crippen LogP contribution in [0, 0.1) is 12.8 Å². The second-order valence-corrected chi connectivity index (χ2v) is 8.65. The number of fused-ring (bicyclic) bond motifs is 1. The molecule has 3 aromatic heterocycles. The summed E-state index contributed by atoms with van der Waals surface area (Å²) in [7, 11) is 1.87. The Morgan fingerprint density at radius 1 is 1.14 bits per heavy atom. The van der Waals surface area contributed by atoms with E-state index in [-0.39, 0.29) is 13.1 Å². The summed E-state index contributed by atoms with van der Waals surface area (Å²) in [5, 5.41) is 8.83. The van der Waals surface area contributed by atoms with Crippen LogP contribution >= 0.6 is 0 Å². The predicted molar refractivity (Wildman–Crippen MR) is 124 cm³/mol. The molecule has 1 aromatic carbocycles. The summed E-state index contributed by atoms with van der Waals surface area (Å²) >= 11 is 0. The van der Waals surface area contributed by atoms with Gasteiger partial charge in [0.2, 0.25) is 0 Å². The van der Waals surface area contributed by atoms with Crippen LogP contribution in [0.3, 0.4) is 0 Å². The van der Waals surface area contributed by atoms with Crippen molar-refractivity contribution < 1.29 is 17.9 Å². The lowest BCUT2D eigenvalue weighted by atomic mass is 9.99. The molecule has 4 heterocycles. The van der Waals surface area contributed by atoms with Crippen LogP contribution < -0.4 is 9.64 Å². The minimum absolute atomic E-state index is 0.119. The summed E-state index contributed by atoms with van der Waals surface area (Å²) in [6, 6.07) is 7.64. The van der Waals surface area contributed by atoms with Crippen molar-refractivity contribution in [2.24, 2.45) is 13.0 Å². The average Bonchev–Trinajstić information content (AvgIpc) is 3.19. The topological polar surface area (TPSA) is 81.8 Å². The largest absolute Gasteiger partial charge is 0.494 e. The fourth-order valence-corrected chi connectivity index (χ4v) is 4.20. The first kappa shape index (κ1) is 23.0. The maximum atomic E-state index is 13.0. The third-order valence-electron chi connectivity index (χ3n) is 6.05. The molecule has 0 atom stereocenters. The number of halogens is 3. The van der Waals surface area contributed by atoms with Crippen LogP contribution in [0.5, 0.6) is 5.75 Å². The maximum Gasteiger partial charge on any atom is 0.395 e. The van der Waals surface area contributed by atoms with E-state index in [1.165, 1.54) is 0 Å². The molecule has 5 rings (SSSR count). The smallest absolute Gasteiger partial charge is 0.395 e. The minimum atomic E-state index is -4.21. The van der Waals surface area contributed by atoms with Gasteiger partial charge in [0.15, 0.2) is 11.6 Å². The van der Waals surface area contributed by atoms with Crippen molar-refractivity contribution in [1.29, 1.82) is 0 Å². The van der Waals surface area contributed by atoms with Gasteiger partial charge in [0, 0.05) is 55.0 Å². The van der Waals surface area contributed by atoms with E-state index in [4.69, 9.17) is 9.72 Å². The normalized spacial score (nSPS) is 14.4. The van der Waals surface area contributed by atoms with E-state index >= 15 is 0 Å². The van der Waals surface area contributed by atoms with E-state index in [0.717, 1.165) is 22.3 Å². The molecule has 1 aliphatic rings. The monoisotopic (exact) mass is 483 g/mol. The third-order valence-corrected chi connectivity index (χ3v) is 6.05. The molecule has 4 aromatic rings. The van der Waals surface area contributed by atoms with Gasteiger partial charge < -0.3 is 14.2 Å². The van der Waals surface area contributed by atoms with Gasteiger partial charge in [0.1, 0.15) is 23.4 Å². The Labute approximate surface area is 199 Å². The van der Waals surface area contributed by atoms with Gasteiger partial charge in [-0.2, -0.15) is 13.2 Å². The number of alkyl halides is 3. The zero-order chi connectivity index (χ0) is 24.7. The number of anilines is 1. The number of benzene rings is 1. The van der Waals surface area contributed by atoms with Gasteiger partial charge >= 0.3 is 6.18 Å². The van der Waals surface area contributed by atoms with Gasteiger partial charge in [-0.15, -0.1) is 10.2 Å². The van der Waals surface area contributed by atoms with Gasteiger partial charge in [-0.3, -0.25) is 0 Å². The second-order valence-electron chi connectivity index (χ2n) is 8.65. The Kier molecular flexibility index (Phi) is 5.78. The molecule has 0 spiro atoms. The van der Waals surface area contributed by atoms with Crippen molar-refractivity contribution in [2.45, 2.75) is 26.4 Å². The number of aromatic nitrogens is 6. The second kappa shape index (κ2) is 8.79. The Hall–Kier alpha value is -3.76. The molecule has 11 heteroatoms. The first-order chi connectivity index (χ1) is 16.7. The van der Waals surface area contributed by atoms with Gasteiger partial charge in [-0.1, -0.05) is 12.1 Å². The number of nitrogens with zero attached hydrogens (tertiary/aromatic N) is 7. The Morgan fingerprint density at radius 2 is 1.94 bits per heavy atom. The van der Waals surface area contributed by atoms with Crippen LogP contribution in [0.4, 0.5) is 19.0 Å². The Bertz CT molecular complexity index is 1380. The molecular weight excluding hydrogens is 459 g/mol. The molecule has 0 radical (unpaired) electrons. The lowest BCUT2D eigenvalue weighted by Gasteiger charge is -2.41. The summed E-state index contributed by atoms with van der Waals surface area (Å²) in [5.74, 6) is 1.06. The Balaban J connectivity index is 1.47. The molecule has 0 amide bonds. The van der Waals surface area contributed by atoms with Crippen LogP contribution in [0.2, 0.25) is 0 Å². The van der Waals surface area contributed by atoms with E-state index in [2.05, 4.69) is 20.2 Å². The van der Waals surface area contributed by atoms with Gasteiger partial charge in [-0.25, -0.2) is 15.0 Å². The summed E-state index contributed by atoms with van der Waals surface area (Å²) in [6.07, 6.45) is -0.480. The number of hydrogen-bond donors (Lipinski definition) is 0. The number of ether oxygens (including phenoxy) is 1. The number of rotatable bonds is 6. The summed E-state index contributed by atoms with van der Waals surface area (Å²) in [4.78, 5) is 15.4. The molecule has 0 aliphatic carbocycles. The third kappa shape index (κ3) is 4.50. The molecule has 1 saturated heterocycles. The van der Waals surface area contributed by atoms with Crippen LogP contribution in [0.25, 0.3) is 22.3 Å². The number of pyridine rings is 1. The summed E-state index contributed by atoms with van der Waals surface area (Å²) in [6.45, 7) is 3.97. The zero-order valence-corrected chi connectivity index (χ0v) is 19.5.